The Bertz CT molecular complexity index is 400. The standard InChI is InChI=1S/C9H10F2N2O/c10-9(11)6-5-8(14)13-4-2-1-3-7(13)12-6/h5,9H,1-4H2. The van der Waals surface area contributed by atoms with E-state index in [-0.39, 0.29) is 5.56 Å². The summed E-state index contributed by atoms with van der Waals surface area (Å²) in [6, 6.07) is 0.930. The molecule has 0 aliphatic carbocycles. The summed E-state index contributed by atoms with van der Waals surface area (Å²) in [7, 11) is 0. The van der Waals surface area contributed by atoms with Crippen LogP contribution in [0.5, 0.6) is 0 Å². The smallest absolute Gasteiger partial charge is 0.280 e. The summed E-state index contributed by atoms with van der Waals surface area (Å²) < 4.78 is 26.1. The van der Waals surface area contributed by atoms with E-state index in [1.165, 1.54) is 4.57 Å². The van der Waals surface area contributed by atoms with E-state index in [2.05, 4.69) is 4.98 Å². The largest absolute Gasteiger partial charge is 0.297 e. The van der Waals surface area contributed by atoms with Crippen molar-refractivity contribution in [1.82, 2.24) is 9.55 Å². The van der Waals surface area contributed by atoms with Crippen molar-refractivity contribution in [3.05, 3.63) is 27.9 Å². The average Bonchev–Trinajstić information content (AvgIpc) is 2.17. The van der Waals surface area contributed by atoms with Gasteiger partial charge in [-0.1, -0.05) is 0 Å². The van der Waals surface area contributed by atoms with Gasteiger partial charge in [0.2, 0.25) is 0 Å². The van der Waals surface area contributed by atoms with Crippen LogP contribution in [0.25, 0.3) is 0 Å². The van der Waals surface area contributed by atoms with Crippen molar-refractivity contribution < 1.29 is 8.78 Å². The molecule has 0 amide bonds. The summed E-state index contributed by atoms with van der Waals surface area (Å²) in [4.78, 5) is 15.2. The summed E-state index contributed by atoms with van der Waals surface area (Å²) in [5.74, 6) is 0.499. The zero-order valence-electron chi connectivity index (χ0n) is 7.54. The number of aromatic nitrogens is 2. The number of hydrogen-bond donors (Lipinski definition) is 0. The van der Waals surface area contributed by atoms with Crippen molar-refractivity contribution in [1.29, 1.82) is 0 Å². The molecule has 1 aliphatic rings. The third kappa shape index (κ3) is 1.54. The lowest BCUT2D eigenvalue weighted by atomic mass is 10.1. The molecule has 0 unspecified atom stereocenters. The summed E-state index contributed by atoms with van der Waals surface area (Å²) in [6.45, 7) is 0.602. The fraction of sp³-hybridized carbons (Fsp3) is 0.556. The molecule has 0 bridgehead atoms. The van der Waals surface area contributed by atoms with Crippen LogP contribution in [0.4, 0.5) is 8.78 Å². The van der Waals surface area contributed by atoms with Gasteiger partial charge in [-0.3, -0.25) is 9.36 Å². The van der Waals surface area contributed by atoms with Gasteiger partial charge < -0.3 is 0 Å². The predicted molar refractivity (Wildman–Crippen MR) is 46.4 cm³/mol. The highest BCUT2D eigenvalue weighted by molar-refractivity contribution is 5.07. The van der Waals surface area contributed by atoms with Gasteiger partial charge in [-0.05, 0) is 12.8 Å². The lowest BCUT2D eigenvalue weighted by molar-refractivity contribution is 0.144. The molecule has 0 saturated heterocycles. The topological polar surface area (TPSA) is 34.9 Å². The van der Waals surface area contributed by atoms with E-state index in [9.17, 15) is 13.6 Å². The number of alkyl halides is 2. The highest BCUT2D eigenvalue weighted by atomic mass is 19.3. The van der Waals surface area contributed by atoms with E-state index in [0.717, 1.165) is 18.9 Å². The Labute approximate surface area is 79.4 Å². The molecule has 1 aromatic heterocycles. The van der Waals surface area contributed by atoms with Crippen LogP contribution in [0.1, 0.15) is 30.8 Å². The Morgan fingerprint density at radius 3 is 2.93 bits per heavy atom. The van der Waals surface area contributed by atoms with Crippen LogP contribution in [0, 0.1) is 0 Å². The lowest BCUT2D eigenvalue weighted by Gasteiger charge is -2.17. The highest BCUT2D eigenvalue weighted by Crippen LogP contribution is 2.17. The number of fused-ring (bicyclic) bond motifs is 1. The van der Waals surface area contributed by atoms with E-state index in [1.54, 1.807) is 0 Å². The van der Waals surface area contributed by atoms with E-state index in [4.69, 9.17) is 0 Å². The molecule has 0 radical (unpaired) electrons. The zero-order valence-corrected chi connectivity index (χ0v) is 7.54. The monoisotopic (exact) mass is 200 g/mol. The van der Waals surface area contributed by atoms with Gasteiger partial charge >= 0.3 is 0 Å². The fourth-order valence-corrected chi connectivity index (χ4v) is 1.67. The molecule has 1 aromatic rings. The van der Waals surface area contributed by atoms with Crippen molar-refractivity contribution in [2.75, 3.05) is 0 Å². The van der Waals surface area contributed by atoms with E-state index in [0.29, 0.717) is 18.8 Å². The van der Waals surface area contributed by atoms with Crippen LogP contribution in [-0.4, -0.2) is 9.55 Å². The summed E-state index contributed by atoms with van der Waals surface area (Å²) in [5, 5.41) is 0. The van der Waals surface area contributed by atoms with Crippen molar-refractivity contribution in [2.24, 2.45) is 0 Å². The molecule has 14 heavy (non-hydrogen) atoms. The van der Waals surface area contributed by atoms with Gasteiger partial charge in [0.1, 0.15) is 11.5 Å². The molecule has 2 rings (SSSR count). The molecule has 0 saturated carbocycles. The molecule has 2 heterocycles. The Hall–Kier alpha value is -1.26. The molecule has 5 heteroatoms. The fourth-order valence-electron chi connectivity index (χ4n) is 1.67. The Balaban J connectivity index is 2.52. The minimum absolute atomic E-state index is 0.356. The molecule has 1 aliphatic heterocycles. The van der Waals surface area contributed by atoms with E-state index < -0.39 is 12.1 Å². The third-order valence-corrected chi connectivity index (χ3v) is 2.36. The van der Waals surface area contributed by atoms with Crippen LogP contribution in [0.3, 0.4) is 0 Å². The maximum Gasteiger partial charge on any atom is 0.280 e. The second-order valence-electron chi connectivity index (χ2n) is 3.34. The predicted octanol–water partition coefficient (Wildman–Crippen LogP) is 1.52. The number of halogens is 2. The molecule has 0 aromatic carbocycles. The number of hydrogen-bond acceptors (Lipinski definition) is 2. The molecule has 76 valence electrons. The van der Waals surface area contributed by atoms with Crippen molar-refractivity contribution in [3.8, 4) is 0 Å². The van der Waals surface area contributed by atoms with Gasteiger partial charge in [-0.2, -0.15) is 0 Å². The quantitative estimate of drug-likeness (QED) is 0.688. The molecule has 0 N–H and O–H groups in total. The maximum absolute atomic E-state index is 12.3. The van der Waals surface area contributed by atoms with Gasteiger partial charge in [0, 0.05) is 19.0 Å². The Morgan fingerprint density at radius 2 is 2.21 bits per heavy atom. The van der Waals surface area contributed by atoms with Crippen molar-refractivity contribution in [2.45, 2.75) is 32.2 Å². The third-order valence-electron chi connectivity index (χ3n) is 2.36. The first-order valence-electron chi connectivity index (χ1n) is 4.57. The SMILES string of the molecule is O=c1cc(C(F)F)nc2n1CCCC2. The van der Waals surface area contributed by atoms with Crippen LogP contribution < -0.4 is 5.56 Å². The maximum atomic E-state index is 12.3. The van der Waals surface area contributed by atoms with Crippen LogP contribution >= 0.6 is 0 Å². The normalized spacial score (nSPS) is 15.6. The van der Waals surface area contributed by atoms with Crippen molar-refractivity contribution in [3.63, 3.8) is 0 Å². The second kappa shape index (κ2) is 3.48. The summed E-state index contributed by atoms with van der Waals surface area (Å²) in [6.07, 6.45) is -0.201. The lowest BCUT2D eigenvalue weighted by Crippen LogP contribution is -2.28. The van der Waals surface area contributed by atoms with Gasteiger partial charge in [0.15, 0.2) is 0 Å². The second-order valence-corrected chi connectivity index (χ2v) is 3.34. The van der Waals surface area contributed by atoms with Gasteiger partial charge in [0.25, 0.3) is 12.0 Å². The first-order valence-corrected chi connectivity index (χ1v) is 4.57. The first kappa shape index (κ1) is 9.30. The zero-order chi connectivity index (χ0) is 10.1. The van der Waals surface area contributed by atoms with Crippen LogP contribution in [0.15, 0.2) is 10.9 Å². The number of rotatable bonds is 1. The molecule has 0 fully saturated rings. The first-order chi connectivity index (χ1) is 6.68. The summed E-state index contributed by atoms with van der Waals surface area (Å²) >= 11 is 0. The van der Waals surface area contributed by atoms with Gasteiger partial charge in [-0.25, -0.2) is 13.8 Å². The van der Waals surface area contributed by atoms with Gasteiger partial charge in [0.05, 0.1) is 0 Å². The number of nitrogens with zero attached hydrogens (tertiary/aromatic N) is 2. The van der Waals surface area contributed by atoms with Crippen molar-refractivity contribution >= 4 is 0 Å². The Kier molecular flexibility index (Phi) is 2.31. The minimum atomic E-state index is -2.66. The molecular formula is C9H10F2N2O. The molecule has 3 nitrogen and oxygen atoms in total. The Morgan fingerprint density at radius 1 is 1.43 bits per heavy atom. The van der Waals surface area contributed by atoms with E-state index >= 15 is 0 Å². The average molecular weight is 200 g/mol. The van der Waals surface area contributed by atoms with Gasteiger partial charge in [-0.15, -0.1) is 0 Å². The van der Waals surface area contributed by atoms with Crippen LogP contribution in [-0.2, 0) is 13.0 Å². The molecular weight excluding hydrogens is 190 g/mol. The number of aryl methyl sites for hydroxylation is 1. The van der Waals surface area contributed by atoms with E-state index in [1.807, 2.05) is 0 Å². The molecule has 0 atom stereocenters. The minimum Gasteiger partial charge on any atom is -0.297 e. The highest BCUT2D eigenvalue weighted by Gasteiger charge is 2.16. The van der Waals surface area contributed by atoms with Crippen LogP contribution in [0.2, 0.25) is 0 Å². The summed E-state index contributed by atoms with van der Waals surface area (Å²) in [5.41, 5.74) is -0.756. The molecule has 0 spiro atoms.